The van der Waals surface area contributed by atoms with E-state index in [1.54, 1.807) is 0 Å². The molecule has 6 aliphatic heterocycles. The van der Waals surface area contributed by atoms with E-state index in [0.29, 0.717) is 12.1 Å². The van der Waals surface area contributed by atoms with E-state index in [1.165, 1.54) is 16.8 Å². The number of likely N-dealkylation sites (N-methyl/N-ethyl adjacent to an activating group) is 1. The summed E-state index contributed by atoms with van der Waals surface area (Å²) in [5.74, 6) is -0.0204. The quantitative estimate of drug-likeness (QED) is 0.447. The van der Waals surface area contributed by atoms with E-state index in [-0.39, 0.29) is 48.4 Å². The van der Waals surface area contributed by atoms with Gasteiger partial charge in [-0.3, -0.25) is 9.59 Å². The van der Waals surface area contributed by atoms with E-state index in [1.807, 2.05) is 46.2 Å². The third kappa shape index (κ3) is 5.26. The van der Waals surface area contributed by atoms with Gasteiger partial charge in [0.2, 0.25) is 0 Å². The second kappa shape index (κ2) is 12.1. The average molecular weight is 615 g/mol. The summed E-state index contributed by atoms with van der Waals surface area (Å²) in [7, 11) is 2.08. The zero-order valence-electron chi connectivity index (χ0n) is 25.0. The second-order valence-electron chi connectivity index (χ2n) is 12.8. The molecule has 0 aromatic heterocycles. The number of halogens is 1. The summed E-state index contributed by atoms with van der Waals surface area (Å²) in [6.07, 6.45) is 12.5. The average Bonchev–Trinajstić information content (AvgIpc) is 3.88. The summed E-state index contributed by atoms with van der Waals surface area (Å²) in [6, 6.07) is 13.1. The van der Waals surface area contributed by atoms with E-state index in [9.17, 15) is 20.1 Å². The topological polar surface area (TPSA) is 128 Å². The Hall–Kier alpha value is -4.15. The van der Waals surface area contributed by atoms with Crippen LogP contribution in [0.4, 0.5) is 11.4 Å². The number of nitrogens with zero attached hydrogens (tertiary/aromatic N) is 5. The molecule has 8 rings (SSSR count). The van der Waals surface area contributed by atoms with Gasteiger partial charge in [-0.2, -0.15) is 10.5 Å². The Balaban J connectivity index is 0.000000153. The van der Waals surface area contributed by atoms with Gasteiger partial charge in [-0.1, -0.05) is 0 Å². The summed E-state index contributed by atoms with van der Waals surface area (Å²) in [5.41, 5.74) is 6.30. The van der Waals surface area contributed by atoms with Gasteiger partial charge in [-0.05, 0) is 98.9 Å². The SMILES string of the molecule is CN1CCc2cc(C(=O)NC3CC4CCC3N4C#N)ccc21.Cl.N#CN1C2CCC1C(NC(=O)c1ccc3c(c1)CCN3)C2. The molecule has 44 heavy (non-hydrogen) atoms. The molecule has 0 saturated carbocycles. The van der Waals surface area contributed by atoms with E-state index in [2.05, 4.69) is 40.3 Å². The molecule has 2 aromatic rings. The highest BCUT2D eigenvalue weighted by atomic mass is 35.5. The van der Waals surface area contributed by atoms with E-state index in [4.69, 9.17) is 0 Å². The van der Waals surface area contributed by atoms with Crippen molar-refractivity contribution in [3.8, 4) is 12.4 Å². The summed E-state index contributed by atoms with van der Waals surface area (Å²) in [6.45, 7) is 1.97. The van der Waals surface area contributed by atoms with Crippen molar-refractivity contribution >= 4 is 35.6 Å². The van der Waals surface area contributed by atoms with Crippen molar-refractivity contribution in [2.45, 2.75) is 87.6 Å². The maximum Gasteiger partial charge on any atom is 0.251 e. The number of carbonyl (C=O) groups excluding carboxylic acids is 2. The molecule has 4 bridgehead atoms. The maximum atomic E-state index is 12.5. The van der Waals surface area contributed by atoms with E-state index in [0.717, 1.165) is 81.3 Å². The van der Waals surface area contributed by atoms with Crippen LogP contribution in [0.5, 0.6) is 0 Å². The van der Waals surface area contributed by atoms with E-state index < -0.39 is 0 Å². The number of amides is 2. The summed E-state index contributed by atoms with van der Waals surface area (Å²) < 4.78 is 0. The molecular formula is C33H39ClN8O2. The molecule has 2 aromatic carbocycles. The summed E-state index contributed by atoms with van der Waals surface area (Å²) in [5, 5.41) is 28.0. The minimum Gasteiger partial charge on any atom is -0.384 e. The fourth-order valence-corrected chi connectivity index (χ4v) is 8.26. The number of anilines is 2. The third-order valence-corrected chi connectivity index (χ3v) is 10.5. The smallest absolute Gasteiger partial charge is 0.251 e. The van der Waals surface area contributed by atoms with Gasteiger partial charge in [0.1, 0.15) is 0 Å². The number of hydrogen-bond acceptors (Lipinski definition) is 8. The van der Waals surface area contributed by atoms with Crippen molar-refractivity contribution in [1.82, 2.24) is 20.4 Å². The third-order valence-electron chi connectivity index (χ3n) is 10.5. The van der Waals surface area contributed by atoms with Crippen molar-refractivity contribution < 1.29 is 9.59 Å². The number of nitriles is 2. The van der Waals surface area contributed by atoms with Crippen LogP contribution in [0.1, 0.15) is 70.4 Å². The molecule has 10 nitrogen and oxygen atoms in total. The highest BCUT2D eigenvalue weighted by Gasteiger charge is 2.47. The molecule has 6 aliphatic rings. The molecule has 4 saturated heterocycles. The van der Waals surface area contributed by atoms with Crippen LogP contribution in [0.2, 0.25) is 0 Å². The maximum absolute atomic E-state index is 12.5. The lowest BCUT2D eigenvalue weighted by atomic mass is 9.95. The van der Waals surface area contributed by atoms with Crippen LogP contribution in [0.25, 0.3) is 0 Å². The van der Waals surface area contributed by atoms with Crippen molar-refractivity contribution in [2.24, 2.45) is 0 Å². The monoisotopic (exact) mass is 614 g/mol. The van der Waals surface area contributed by atoms with Crippen LogP contribution in [-0.4, -0.2) is 78.0 Å². The highest BCUT2D eigenvalue weighted by molar-refractivity contribution is 5.96. The number of hydrogen-bond donors (Lipinski definition) is 3. The molecule has 2 amide bonds. The molecule has 0 aliphatic carbocycles. The van der Waals surface area contributed by atoms with Gasteiger partial charge < -0.3 is 30.7 Å². The normalized spacial score (nSPS) is 28.1. The first-order chi connectivity index (χ1) is 20.9. The van der Waals surface area contributed by atoms with Crippen LogP contribution in [-0.2, 0) is 12.8 Å². The van der Waals surface area contributed by atoms with Crippen LogP contribution < -0.4 is 20.9 Å². The number of carbonyl (C=O) groups is 2. The van der Waals surface area contributed by atoms with E-state index >= 15 is 0 Å². The summed E-state index contributed by atoms with van der Waals surface area (Å²) in [4.78, 5) is 30.9. The number of fused-ring (bicyclic) bond motifs is 6. The minimum atomic E-state index is -0.0138. The Labute approximate surface area is 264 Å². The largest absolute Gasteiger partial charge is 0.384 e. The minimum absolute atomic E-state index is 0. The first-order valence-corrected chi connectivity index (χ1v) is 15.6. The van der Waals surface area contributed by atoms with Crippen molar-refractivity contribution in [2.75, 3.05) is 30.4 Å². The van der Waals surface area contributed by atoms with Gasteiger partial charge >= 0.3 is 0 Å². The van der Waals surface area contributed by atoms with Crippen molar-refractivity contribution in [3.05, 3.63) is 58.7 Å². The first-order valence-electron chi connectivity index (χ1n) is 15.6. The summed E-state index contributed by atoms with van der Waals surface area (Å²) >= 11 is 0. The van der Waals surface area contributed by atoms with Gasteiger partial charge in [-0.15, -0.1) is 12.4 Å². The van der Waals surface area contributed by atoms with Crippen LogP contribution >= 0.6 is 12.4 Å². The first kappa shape index (κ1) is 29.9. The predicted octanol–water partition coefficient (Wildman–Crippen LogP) is 3.39. The standard InChI is InChI=1S/C17H20N4O.C16H18N4O.ClH/c1-20-7-6-11-8-12(2-4-15(11)20)17(22)19-14-9-13-3-5-16(14)21(13)10-18;17-9-20-12-2-4-15(20)14(8-12)19-16(21)11-1-3-13-10(7-11)5-6-18-13;/h2,4,8,13-14,16H,3,5-7,9H2,1H3,(H,19,22);1,3,7,12,14-15,18H,2,4-6,8H2,(H,19,21);1H. The van der Waals surface area contributed by atoms with Crippen molar-refractivity contribution in [3.63, 3.8) is 0 Å². The Morgan fingerprint density at radius 1 is 0.818 bits per heavy atom. The molecule has 3 N–H and O–H groups in total. The molecule has 0 radical (unpaired) electrons. The Kier molecular flexibility index (Phi) is 8.22. The fourth-order valence-electron chi connectivity index (χ4n) is 8.26. The second-order valence-corrected chi connectivity index (χ2v) is 12.8. The number of benzene rings is 2. The zero-order chi connectivity index (χ0) is 29.7. The Morgan fingerprint density at radius 3 is 1.95 bits per heavy atom. The van der Waals surface area contributed by atoms with Crippen molar-refractivity contribution in [1.29, 1.82) is 10.5 Å². The van der Waals surface area contributed by atoms with Gasteiger partial charge in [0, 0.05) is 54.7 Å². The molecule has 230 valence electrons. The van der Waals surface area contributed by atoms with Crippen LogP contribution in [0, 0.1) is 22.9 Å². The Bertz CT molecular complexity index is 1530. The predicted molar refractivity (Wildman–Crippen MR) is 170 cm³/mol. The molecular weight excluding hydrogens is 576 g/mol. The van der Waals surface area contributed by atoms with Gasteiger partial charge in [0.05, 0.1) is 24.2 Å². The van der Waals surface area contributed by atoms with Gasteiger partial charge in [0.15, 0.2) is 12.4 Å². The molecule has 6 heterocycles. The zero-order valence-corrected chi connectivity index (χ0v) is 25.8. The molecule has 4 fully saturated rings. The molecule has 6 atom stereocenters. The molecule has 0 spiro atoms. The Morgan fingerprint density at radius 2 is 1.39 bits per heavy atom. The lowest BCUT2D eigenvalue weighted by Gasteiger charge is -2.22. The highest BCUT2D eigenvalue weighted by Crippen LogP contribution is 2.38. The lowest BCUT2D eigenvalue weighted by molar-refractivity contribution is 0.0920. The molecule has 11 heteroatoms. The molecule has 6 unspecified atom stereocenters. The fraction of sp³-hybridized carbons (Fsp3) is 0.515. The van der Waals surface area contributed by atoms with Gasteiger partial charge in [-0.25, -0.2) is 0 Å². The van der Waals surface area contributed by atoms with Crippen LogP contribution in [0.15, 0.2) is 36.4 Å². The number of nitrogens with one attached hydrogen (secondary N) is 3. The van der Waals surface area contributed by atoms with Crippen LogP contribution in [0.3, 0.4) is 0 Å². The van der Waals surface area contributed by atoms with Gasteiger partial charge in [0.25, 0.3) is 11.8 Å². The number of rotatable bonds is 4. The lowest BCUT2D eigenvalue weighted by Crippen LogP contribution is -2.43.